The van der Waals surface area contributed by atoms with E-state index in [0.29, 0.717) is 5.92 Å². The van der Waals surface area contributed by atoms with Gasteiger partial charge in [-0.25, -0.2) is 0 Å². The lowest BCUT2D eigenvalue weighted by Crippen LogP contribution is -2.31. The first kappa shape index (κ1) is 14.3. The maximum Gasteiger partial charge on any atom is 0.165 e. The summed E-state index contributed by atoms with van der Waals surface area (Å²) in [5, 5.41) is 0. The summed E-state index contributed by atoms with van der Waals surface area (Å²) in [6, 6.07) is 7.06. The summed E-state index contributed by atoms with van der Waals surface area (Å²) in [4.78, 5) is 2.63. The van der Waals surface area contributed by atoms with Crippen LogP contribution in [-0.4, -0.2) is 43.9 Å². The van der Waals surface area contributed by atoms with E-state index in [2.05, 4.69) is 17.0 Å². The molecule has 2 fully saturated rings. The van der Waals surface area contributed by atoms with Gasteiger partial charge in [0.25, 0.3) is 0 Å². The SMILES string of the molecule is c1cc(CN(CC2CCOC2)C2CC2)c2c(c1)OCCCO2. The fourth-order valence-electron chi connectivity index (χ4n) is 3.44. The van der Waals surface area contributed by atoms with E-state index in [4.69, 9.17) is 14.2 Å². The second-order valence-corrected chi connectivity index (χ2v) is 6.69. The first-order valence-electron chi connectivity index (χ1n) is 8.59. The lowest BCUT2D eigenvalue weighted by molar-refractivity contribution is 0.160. The van der Waals surface area contributed by atoms with Crippen molar-refractivity contribution in [2.75, 3.05) is 33.0 Å². The van der Waals surface area contributed by atoms with E-state index in [9.17, 15) is 0 Å². The fourth-order valence-corrected chi connectivity index (χ4v) is 3.44. The highest BCUT2D eigenvalue weighted by molar-refractivity contribution is 5.47. The minimum atomic E-state index is 0.695. The third-order valence-electron chi connectivity index (χ3n) is 4.81. The number of rotatable bonds is 5. The van der Waals surface area contributed by atoms with Crippen molar-refractivity contribution >= 4 is 0 Å². The minimum absolute atomic E-state index is 0.695. The molecule has 2 heterocycles. The van der Waals surface area contributed by atoms with E-state index in [1.54, 1.807) is 0 Å². The lowest BCUT2D eigenvalue weighted by atomic mass is 10.1. The number of fused-ring (bicyclic) bond motifs is 1. The Bertz CT molecular complexity index is 509. The summed E-state index contributed by atoms with van der Waals surface area (Å²) >= 11 is 0. The highest BCUT2D eigenvalue weighted by Crippen LogP contribution is 2.36. The van der Waals surface area contributed by atoms with Gasteiger partial charge in [-0.1, -0.05) is 12.1 Å². The molecule has 4 nitrogen and oxygen atoms in total. The van der Waals surface area contributed by atoms with Gasteiger partial charge in [-0.15, -0.1) is 0 Å². The van der Waals surface area contributed by atoms with Crippen LogP contribution < -0.4 is 9.47 Å². The standard InChI is InChI=1S/C18H25NO3/c1-3-15(18-17(4-1)21-8-2-9-22-18)12-19(16-5-6-16)11-14-7-10-20-13-14/h1,3-4,14,16H,2,5-13H2. The van der Waals surface area contributed by atoms with Crippen LogP contribution in [0.25, 0.3) is 0 Å². The molecule has 0 bridgehead atoms. The summed E-state index contributed by atoms with van der Waals surface area (Å²) < 4.78 is 17.3. The van der Waals surface area contributed by atoms with Crippen molar-refractivity contribution in [2.45, 2.75) is 38.3 Å². The predicted octanol–water partition coefficient (Wildman–Crippen LogP) is 2.85. The van der Waals surface area contributed by atoms with Crippen LogP contribution in [0.3, 0.4) is 0 Å². The highest BCUT2D eigenvalue weighted by Gasteiger charge is 2.32. The third kappa shape index (κ3) is 3.23. The van der Waals surface area contributed by atoms with E-state index in [1.165, 1.54) is 24.8 Å². The molecule has 1 atom stereocenters. The molecule has 1 aliphatic carbocycles. The molecule has 2 aliphatic heterocycles. The molecule has 0 N–H and O–H groups in total. The van der Waals surface area contributed by atoms with Crippen LogP contribution in [0, 0.1) is 5.92 Å². The molecule has 4 rings (SSSR count). The summed E-state index contributed by atoms with van der Waals surface area (Å²) in [5.41, 5.74) is 1.27. The summed E-state index contributed by atoms with van der Waals surface area (Å²) in [7, 11) is 0. The molecule has 1 unspecified atom stereocenters. The average molecular weight is 303 g/mol. The monoisotopic (exact) mass is 303 g/mol. The van der Waals surface area contributed by atoms with Crippen LogP contribution in [0.5, 0.6) is 11.5 Å². The van der Waals surface area contributed by atoms with Crippen molar-refractivity contribution in [3.8, 4) is 11.5 Å². The van der Waals surface area contributed by atoms with Crippen molar-refractivity contribution in [1.82, 2.24) is 4.90 Å². The molecule has 1 saturated heterocycles. The zero-order chi connectivity index (χ0) is 14.8. The molecule has 1 aromatic carbocycles. The first-order valence-corrected chi connectivity index (χ1v) is 8.59. The van der Waals surface area contributed by atoms with Gasteiger partial charge in [0.15, 0.2) is 11.5 Å². The van der Waals surface area contributed by atoms with Gasteiger partial charge in [-0.3, -0.25) is 4.90 Å². The van der Waals surface area contributed by atoms with Gasteiger partial charge in [0.05, 0.1) is 19.8 Å². The van der Waals surface area contributed by atoms with Crippen LogP contribution in [0.15, 0.2) is 18.2 Å². The predicted molar refractivity (Wildman–Crippen MR) is 84.4 cm³/mol. The van der Waals surface area contributed by atoms with Gasteiger partial charge in [0.1, 0.15) is 0 Å². The van der Waals surface area contributed by atoms with E-state index >= 15 is 0 Å². The van der Waals surface area contributed by atoms with E-state index < -0.39 is 0 Å². The molecular formula is C18H25NO3. The molecule has 120 valence electrons. The van der Waals surface area contributed by atoms with Crippen LogP contribution in [-0.2, 0) is 11.3 Å². The second kappa shape index (κ2) is 6.47. The van der Waals surface area contributed by atoms with Crippen molar-refractivity contribution in [3.05, 3.63) is 23.8 Å². The topological polar surface area (TPSA) is 30.9 Å². The molecule has 1 aromatic rings. The van der Waals surface area contributed by atoms with Crippen LogP contribution in [0.1, 0.15) is 31.2 Å². The van der Waals surface area contributed by atoms with Crippen molar-refractivity contribution < 1.29 is 14.2 Å². The Labute approximate surface area is 132 Å². The first-order chi connectivity index (χ1) is 10.9. The van der Waals surface area contributed by atoms with Gasteiger partial charge in [0, 0.05) is 37.7 Å². The number of hydrogen-bond acceptors (Lipinski definition) is 4. The van der Waals surface area contributed by atoms with Gasteiger partial charge >= 0.3 is 0 Å². The molecule has 4 heteroatoms. The molecule has 0 amide bonds. The molecule has 0 radical (unpaired) electrons. The van der Waals surface area contributed by atoms with E-state index in [0.717, 1.165) is 63.5 Å². The van der Waals surface area contributed by atoms with E-state index in [1.807, 2.05) is 6.07 Å². The number of ether oxygens (including phenoxy) is 3. The van der Waals surface area contributed by atoms with Gasteiger partial charge in [-0.05, 0) is 31.2 Å². The Morgan fingerprint density at radius 3 is 2.77 bits per heavy atom. The summed E-state index contributed by atoms with van der Waals surface area (Å²) in [6.07, 6.45) is 4.83. The third-order valence-corrected chi connectivity index (χ3v) is 4.81. The summed E-state index contributed by atoms with van der Waals surface area (Å²) in [6.45, 7) is 5.48. The minimum Gasteiger partial charge on any atom is -0.490 e. The van der Waals surface area contributed by atoms with E-state index in [-0.39, 0.29) is 0 Å². The maximum absolute atomic E-state index is 5.97. The number of nitrogens with zero attached hydrogens (tertiary/aromatic N) is 1. The van der Waals surface area contributed by atoms with Crippen LogP contribution in [0.2, 0.25) is 0 Å². The smallest absolute Gasteiger partial charge is 0.165 e. The normalized spacial score (nSPS) is 24.5. The summed E-state index contributed by atoms with van der Waals surface area (Å²) in [5.74, 6) is 2.57. The molecule has 0 spiro atoms. The van der Waals surface area contributed by atoms with Gasteiger partial charge in [-0.2, -0.15) is 0 Å². The van der Waals surface area contributed by atoms with Crippen LogP contribution in [0.4, 0.5) is 0 Å². The lowest BCUT2D eigenvalue weighted by Gasteiger charge is -2.26. The van der Waals surface area contributed by atoms with Crippen molar-refractivity contribution in [3.63, 3.8) is 0 Å². The molecule has 0 aromatic heterocycles. The van der Waals surface area contributed by atoms with Crippen LogP contribution >= 0.6 is 0 Å². The Morgan fingerprint density at radius 2 is 1.95 bits per heavy atom. The zero-order valence-corrected chi connectivity index (χ0v) is 13.1. The Hall–Kier alpha value is -1.26. The van der Waals surface area contributed by atoms with Crippen molar-refractivity contribution in [1.29, 1.82) is 0 Å². The quantitative estimate of drug-likeness (QED) is 0.837. The van der Waals surface area contributed by atoms with Gasteiger partial charge in [0.2, 0.25) is 0 Å². The Kier molecular flexibility index (Phi) is 4.22. The molecular weight excluding hydrogens is 278 g/mol. The number of hydrogen-bond donors (Lipinski definition) is 0. The number of para-hydroxylation sites is 1. The Balaban J connectivity index is 1.50. The largest absolute Gasteiger partial charge is 0.490 e. The van der Waals surface area contributed by atoms with Crippen molar-refractivity contribution in [2.24, 2.45) is 5.92 Å². The highest BCUT2D eigenvalue weighted by atomic mass is 16.5. The Morgan fingerprint density at radius 1 is 1.05 bits per heavy atom. The second-order valence-electron chi connectivity index (χ2n) is 6.69. The maximum atomic E-state index is 5.97. The molecule has 3 aliphatic rings. The number of benzene rings is 1. The molecule has 22 heavy (non-hydrogen) atoms. The van der Waals surface area contributed by atoms with Gasteiger partial charge < -0.3 is 14.2 Å². The zero-order valence-electron chi connectivity index (χ0n) is 13.1. The molecule has 1 saturated carbocycles. The average Bonchev–Trinajstić information content (AvgIpc) is 3.30. The fraction of sp³-hybridized carbons (Fsp3) is 0.667.